The molecule has 0 bridgehead atoms. The fraction of sp³-hybridized carbons (Fsp3) is 0.870. The van der Waals surface area contributed by atoms with Crippen molar-refractivity contribution in [3.8, 4) is 0 Å². The maximum Gasteiger partial charge on any atom is 0.339 e. The molecule has 0 aliphatic heterocycles. The maximum absolute atomic E-state index is 13.7. The molecule has 0 aliphatic rings. The van der Waals surface area contributed by atoms with E-state index in [1.165, 1.54) is 289 Å². The van der Waals surface area contributed by atoms with Gasteiger partial charge in [-0.25, -0.2) is 14.4 Å². The molecule has 0 saturated heterocycles. The van der Waals surface area contributed by atoms with E-state index in [4.69, 9.17) is 14.2 Å². The Labute approximate surface area is 466 Å². The van der Waals surface area contributed by atoms with E-state index in [1.54, 1.807) is 18.2 Å². The summed E-state index contributed by atoms with van der Waals surface area (Å²) in [4.78, 5) is 40.8. The molecule has 0 heterocycles. The Kier molecular flexibility index (Phi) is 54.4. The van der Waals surface area contributed by atoms with Crippen LogP contribution in [0.3, 0.4) is 0 Å². The van der Waals surface area contributed by atoms with Crippen molar-refractivity contribution in [2.75, 3.05) is 19.8 Å². The Morgan fingerprint density at radius 2 is 0.400 bits per heavy atom. The van der Waals surface area contributed by atoms with E-state index in [0.717, 1.165) is 57.8 Å². The minimum Gasteiger partial charge on any atom is -0.462 e. The van der Waals surface area contributed by atoms with Crippen LogP contribution in [0.15, 0.2) is 18.2 Å². The zero-order valence-electron chi connectivity index (χ0n) is 50.5. The van der Waals surface area contributed by atoms with Crippen molar-refractivity contribution in [3.63, 3.8) is 0 Å². The molecule has 0 radical (unpaired) electrons. The van der Waals surface area contributed by atoms with Crippen molar-refractivity contribution in [2.24, 2.45) is 0 Å². The first-order valence-electron chi connectivity index (χ1n) is 33.7. The smallest absolute Gasteiger partial charge is 0.339 e. The molecule has 0 aromatic heterocycles. The third-order valence-corrected chi connectivity index (χ3v) is 15.9. The molecule has 6 heteroatoms. The monoisotopic (exact) mass is 1050 g/mol. The average molecular weight is 1050 g/mol. The highest BCUT2D eigenvalue weighted by molar-refractivity contribution is 6.10. The zero-order chi connectivity index (χ0) is 54.0. The summed E-state index contributed by atoms with van der Waals surface area (Å²) in [7, 11) is 0. The van der Waals surface area contributed by atoms with E-state index >= 15 is 0 Å². The van der Waals surface area contributed by atoms with Crippen LogP contribution < -0.4 is 0 Å². The SMILES string of the molecule is CCCCCCCCCCCCCCCCCCCCOC(=O)c1cccc(C(=O)OCCCCCCCCCCCCCCCCCCCC)c1C(=O)OCCCCCCCCCCCCCCCCCCCC. The van der Waals surface area contributed by atoms with Gasteiger partial charge in [-0.1, -0.05) is 354 Å². The Morgan fingerprint density at radius 1 is 0.240 bits per heavy atom. The van der Waals surface area contributed by atoms with Gasteiger partial charge in [0.15, 0.2) is 0 Å². The number of rotatable bonds is 60. The minimum absolute atomic E-state index is 0.0227. The van der Waals surface area contributed by atoms with Gasteiger partial charge < -0.3 is 14.2 Å². The van der Waals surface area contributed by atoms with Crippen LogP contribution in [0, 0.1) is 0 Å². The van der Waals surface area contributed by atoms with Crippen molar-refractivity contribution in [3.05, 3.63) is 34.9 Å². The van der Waals surface area contributed by atoms with Gasteiger partial charge in [-0.3, -0.25) is 0 Å². The highest BCUT2D eigenvalue weighted by Crippen LogP contribution is 2.22. The topological polar surface area (TPSA) is 78.9 Å². The van der Waals surface area contributed by atoms with Crippen LogP contribution in [0.25, 0.3) is 0 Å². The standard InChI is InChI=1S/C69H126O6/c1-4-7-10-13-16-19-22-25-28-31-34-37-40-43-46-49-52-55-61-73-67(70)64-59-58-60-65(68(71)74-62-56-53-50-47-44-41-38-35-32-29-26-23-20-17-14-11-8-5-2)66(64)69(72)75-63-57-54-51-48-45-42-39-36-33-30-27-24-21-18-15-12-9-6-3/h58-60H,4-57,61-63H2,1-3H3. The first-order chi connectivity index (χ1) is 37.1. The fourth-order valence-electron chi connectivity index (χ4n) is 10.8. The summed E-state index contributed by atoms with van der Waals surface area (Å²) in [6.07, 6.45) is 70.1. The molecule has 0 fully saturated rings. The number of unbranched alkanes of at least 4 members (excludes halogenated alkanes) is 51. The lowest BCUT2D eigenvalue weighted by atomic mass is 10.0. The van der Waals surface area contributed by atoms with Crippen LogP contribution in [0.5, 0.6) is 0 Å². The largest absolute Gasteiger partial charge is 0.462 e. The molecule has 1 aromatic rings. The summed E-state index contributed by atoms with van der Waals surface area (Å²) in [6, 6.07) is 4.81. The predicted molar refractivity (Wildman–Crippen MR) is 324 cm³/mol. The first-order valence-corrected chi connectivity index (χ1v) is 33.7. The molecular weight excluding hydrogens is 925 g/mol. The molecular formula is C69H126O6. The summed E-state index contributed by atoms with van der Waals surface area (Å²) in [6.45, 7) is 7.70. The maximum atomic E-state index is 13.7. The summed E-state index contributed by atoms with van der Waals surface area (Å²) >= 11 is 0. The molecule has 0 N–H and O–H groups in total. The molecule has 75 heavy (non-hydrogen) atoms. The second-order valence-electron chi connectivity index (χ2n) is 23.2. The van der Waals surface area contributed by atoms with E-state index in [9.17, 15) is 14.4 Å². The normalized spacial score (nSPS) is 11.4. The number of esters is 3. The number of hydrogen-bond acceptors (Lipinski definition) is 6. The molecule has 0 saturated carbocycles. The third-order valence-electron chi connectivity index (χ3n) is 15.9. The fourth-order valence-corrected chi connectivity index (χ4v) is 10.8. The predicted octanol–water partition coefficient (Wildman–Crippen LogP) is 23.3. The van der Waals surface area contributed by atoms with Gasteiger partial charge in [0.2, 0.25) is 0 Å². The van der Waals surface area contributed by atoms with E-state index in [1.807, 2.05) is 0 Å². The van der Waals surface area contributed by atoms with Crippen LogP contribution in [0.1, 0.15) is 399 Å². The third kappa shape index (κ3) is 46.3. The molecule has 438 valence electrons. The van der Waals surface area contributed by atoms with Gasteiger partial charge in [-0.2, -0.15) is 0 Å². The molecule has 0 unspecified atom stereocenters. The Hall–Kier alpha value is -2.37. The van der Waals surface area contributed by atoms with Crippen LogP contribution in [0.4, 0.5) is 0 Å². The number of benzene rings is 1. The summed E-state index contributed by atoms with van der Waals surface area (Å²) < 4.78 is 17.2. The van der Waals surface area contributed by atoms with Crippen LogP contribution >= 0.6 is 0 Å². The van der Waals surface area contributed by atoms with Crippen molar-refractivity contribution in [1.82, 2.24) is 0 Å². The highest BCUT2D eigenvalue weighted by Gasteiger charge is 2.27. The Balaban J connectivity index is 2.43. The highest BCUT2D eigenvalue weighted by atomic mass is 16.5. The van der Waals surface area contributed by atoms with Gasteiger partial charge in [0.1, 0.15) is 0 Å². The van der Waals surface area contributed by atoms with E-state index in [0.29, 0.717) is 13.2 Å². The van der Waals surface area contributed by atoms with E-state index in [-0.39, 0.29) is 23.3 Å². The number of hydrogen-bond donors (Lipinski definition) is 0. The first kappa shape index (κ1) is 70.6. The van der Waals surface area contributed by atoms with E-state index < -0.39 is 17.9 Å². The molecule has 0 amide bonds. The van der Waals surface area contributed by atoms with E-state index in [2.05, 4.69) is 20.8 Å². The lowest BCUT2D eigenvalue weighted by Gasteiger charge is -2.14. The summed E-state index contributed by atoms with van der Waals surface area (Å²) in [5, 5.41) is 0. The van der Waals surface area contributed by atoms with Gasteiger partial charge in [-0.15, -0.1) is 0 Å². The second kappa shape index (κ2) is 57.8. The van der Waals surface area contributed by atoms with Gasteiger partial charge in [0.25, 0.3) is 0 Å². The Bertz CT molecular complexity index is 1300. The van der Waals surface area contributed by atoms with Crippen LogP contribution in [-0.4, -0.2) is 37.7 Å². The van der Waals surface area contributed by atoms with Gasteiger partial charge in [-0.05, 0) is 31.4 Å². The Morgan fingerprint density at radius 3 is 0.587 bits per heavy atom. The van der Waals surface area contributed by atoms with Gasteiger partial charge in [0.05, 0.1) is 36.5 Å². The molecule has 0 atom stereocenters. The quantitative estimate of drug-likeness (QED) is 0.0367. The summed E-state index contributed by atoms with van der Waals surface area (Å²) in [5.74, 6) is -1.82. The van der Waals surface area contributed by atoms with Gasteiger partial charge in [0, 0.05) is 0 Å². The lowest BCUT2D eigenvalue weighted by molar-refractivity contribution is 0.0430. The van der Waals surface area contributed by atoms with Crippen molar-refractivity contribution in [2.45, 2.75) is 367 Å². The van der Waals surface area contributed by atoms with Crippen LogP contribution in [-0.2, 0) is 14.2 Å². The minimum atomic E-state index is -0.650. The lowest BCUT2D eigenvalue weighted by Crippen LogP contribution is -2.20. The van der Waals surface area contributed by atoms with Crippen molar-refractivity contribution >= 4 is 17.9 Å². The number of carbonyl (C=O) groups is 3. The molecule has 0 aliphatic carbocycles. The number of ether oxygens (including phenoxy) is 3. The van der Waals surface area contributed by atoms with Crippen molar-refractivity contribution in [1.29, 1.82) is 0 Å². The molecule has 1 aromatic carbocycles. The molecule has 0 spiro atoms. The number of carbonyl (C=O) groups excluding carboxylic acids is 3. The zero-order valence-corrected chi connectivity index (χ0v) is 50.5. The second-order valence-corrected chi connectivity index (χ2v) is 23.2. The summed E-state index contributed by atoms with van der Waals surface area (Å²) in [5.41, 5.74) is 0.149. The molecule has 6 nitrogen and oxygen atoms in total. The van der Waals surface area contributed by atoms with Gasteiger partial charge >= 0.3 is 17.9 Å². The van der Waals surface area contributed by atoms with Crippen LogP contribution in [0.2, 0.25) is 0 Å². The molecule has 1 rings (SSSR count). The van der Waals surface area contributed by atoms with Crippen molar-refractivity contribution < 1.29 is 28.6 Å². The average Bonchev–Trinajstić information content (AvgIpc) is 3.42.